The highest BCUT2D eigenvalue weighted by atomic mass is 16.5. The second-order valence-corrected chi connectivity index (χ2v) is 4.09. The molecule has 2 aromatic heterocycles. The van der Waals surface area contributed by atoms with E-state index in [0.29, 0.717) is 24.6 Å². The summed E-state index contributed by atoms with van der Waals surface area (Å²) in [6.45, 7) is 6.23. The summed E-state index contributed by atoms with van der Waals surface area (Å²) in [6, 6.07) is 1.44. The van der Waals surface area contributed by atoms with Gasteiger partial charge in [0.25, 0.3) is 5.56 Å². The summed E-state index contributed by atoms with van der Waals surface area (Å²) in [4.78, 5) is 18.4. The molecule has 2 rings (SSSR count). The van der Waals surface area contributed by atoms with Crippen LogP contribution in [0.1, 0.15) is 29.8 Å². The zero-order valence-electron chi connectivity index (χ0n) is 10.7. The van der Waals surface area contributed by atoms with Crippen LogP contribution in [0.15, 0.2) is 15.4 Å². The van der Waals surface area contributed by atoms with Crippen molar-refractivity contribution in [2.24, 2.45) is 0 Å². The van der Waals surface area contributed by atoms with Crippen LogP contribution >= 0.6 is 0 Å². The quantitative estimate of drug-likeness (QED) is 0.857. The molecule has 0 atom stereocenters. The lowest BCUT2D eigenvalue weighted by atomic mass is 10.2. The Labute approximate surface area is 104 Å². The number of aromatic amines is 1. The number of nitrogens with zero attached hydrogens (tertiary/aromatic N) is 2. The number of aromatic nitrogens is 3. The van der Waals surface area contributed by atoms with E-state index in [-0.39, 0.29) is 5.56 Å². The van der Waals surface area contributed by atoms with Crippen molar-refractivity contribution in [3.8, 4) is 0 Å². The molecule has 2 aromatic rings. The van der Waals surface area contributed by atoms with Crippen molar-refractivity contribution < 1.29 is 4.52 Å². The molecular weight excluding hydrogens is 232 g/mol. The first-order valence-electron chi connectivity index (χ1n) is 5.86. The van der Waals surface area contributed by atoms with E-state index in [0.717, 1.165) is 17.0 Å². The lowest BCUT2D eigenvalue weighted by Crippen LogP contribution is -2.13. The van der Waals surface area contributed by atoms with Gasteiger partial charge in [-0.05, 0) is 13.8 Å². The Morgan fingerprint density at radius 2 is 2.22 bits per heavy atom. The standard InChI is InChI=1S/C12H16N4O2/c1-4-10-14-11(5-12(17)15-10)13-6-9-7(2)16-18-8(9)3/h5H,4,6H2,1-3H3,(H2,13,14,15,17). The first-order chi connectivity index (χ1) is 8.60. The number of hydrogen-bond donors (Lipinski definition) is 2. The third-order valence-electron chi connectivity index (χ3n) is 2.75. The zero-order chi connectivity index (χ0) is 13.1. The molecule has 0 aliphatic carbocycles. The Balaban J connectivity index is 2.15. The summed E-state index contributed by atoms with van der Waals surface area (Å²) in [7, 11) is 0. The topological polar surface area (TPSA) is 83.8 Å². The van der Waals surface area contributed by atoms with E-state index in [2.05, 4.69) is 20.4 Å². The number of H-pyrrole nitrogens is 1. The highest BCUT2D eigenvalue weighted by Crippen LogP contribution is 2.13. The van der Waals surface area contributed by atoms with E-state index < -0.39 is 0 Å². The molecule has 96 valence electrons. The molecule has 18 heavy (non-hydrogen) atoms. The van der Waals surface area contributed by atoms with E-state index >= 15 is 0 Å². The molecule has 0 aromatic carbocycles. The molecule has 6 nitrogen and oxygen atoms in total. The van der Waals surface area contributed by atoms with Gasteiger partial charge >= 0.3 is 0 Å². The van der Waals surface area contributed by atoms with Crippen LogP contribution in [-0.2, 0) is 13.0 Å². The minimum Gasteiger partial charge on any atom is -0.366 e. The van der Waals surface area contributed by atoms with Crippen LogP contribution in [0.2, 0.25) is 0 Å². The Kier molecular flexibility index (Phi) is 3.45. The fraction of sp³-hybridized carbons (Fsp3) is 0.417. The van der Waals surface area contributed by atoms with Gasteiger partial charge in [0.05, 0.1) is 5.69 Å². The van der Waals surface area contributed by atoms with Crippen LogP contribution in [-0.4, -0.2) is 15.1 Å². The van der Waals surface area contributed by atoms with E-state index in [1.165, 1.54) is 6.07 Å². The molecule has 2 N–H and O–H groups in total. The summed E-state index contributed by atoms with van der Waals surface area (Å²) in [5.41, 5.74) is 1.69. The van der Waals surface area contributed by atoms with Crippen molar-refractivity contribution in [2.45, 2.75) is 33.7 Å². The SMILES string of the molecule is CCc1nc(NCc2c(C)noc2C)cc(=O)[nH]1. The van der Waals surface area contributed by atoms with Gasteiger partial charge in [-0.3, -0.25) is 4.79 Å². The molecule has 0 bridgehead atoms. The van der Waals surface area contributed by atoms with Gasteiger partial charge in [-0.2, -0.15) is 0 Å². The first kappa shape index (κ1) is 12.3. The molecule has 0 spiro atoms. The first-order valence-corrected chi connectivity index (χ1v) is 5.86. The third-order valence-corrected chi connectivity index (χ3v) is 2.75. The Morgan fingerprint density at radius 1 is 1.44 bits per heavy atom. The number of nitrogens with one attached hydrogen (secondary N) is 2. The smallest absolute Gasteiger partial charge is 0.252 e. The van der Waals surface area contributed by atoms with Crippen LogP contribution in [0.3, 0.4) is 0 Å². The molecule has 0 saturated carbocycles. The van der Waals surface area contributed by atoms with Gasteiger partial charge in [0.15, 0.2) is 0 Å². The van der Waals surface area contributed by atoms with Crippen molar-refractivity contribution in [3.63, 3.8) is 0 Å². The van der Waals surface area contributed by atoms with Gasteiger partial charge < -0.3 is 14.8 Å². The fourth-order valence-electron chi connectivity index (χ4n) is 1.70. The zero-order valence-corrected chi connectivity index (χ0v) is 10.7. The summed E-state index contributed by atoms with van der Waals surface area (Å²) >= 11 is 0. The van der Waals surface area contributed by atoms with Crippen molar-refractivity contribution in [1.82, 2.24) is 15.1 Å². The lowest BCUT2D eigenvalue weighted by Gasteiger charge is -2.06. The van der Waals surface area contributed by atoms with Crippen molar-refractivity contribution in [2.75, 3.05) is 5.32 Å². The molecular formula is C12H16N4O2. The maximum Gasteiger partial charge on any atom is 0.252 e. The Hall–Kier alpha value is -2.11. The largest absolute Gasteiger partial charge is 0.366 e. The number of aryl methyl sites for hydroxylation is 3. The molecule has 0 aliphatic heterocycles. The average Bonchev–Trinajstić information content (AvgIpc) is 2.66. The molecule has 2 heterocycles. The van der Waals surface area contributed by atoms with Crippen molar-refractivity contribution in [1.29, 1.82) is 0 Å². The van der Waals surface area contributed by atoms with Crippen LogP contribution in [0, 0.1) is 13.8 Å². The molecule has 0 aliphatic rings. The molecule has 0 amide bonds. The maximum atomic E-state index is 11.4. The molecule has 0 unspecified atom stereocenters. The number of rotatable bonds is 4. The lowest BCUT2D eigenvalue weighted by molar-refractivity contribution is 0.392. The predicted octanol–water partition coefficient (Wildman–Crippen LogP) is 1.55. The summed E-state index contributed by atoms with van der Waals surface area (Å²) in [5.74, 6) is 2.01. The monoisotopic (exact) mass is 248 g/mol. The molecule has 0 fully saturated rings. The van der Waals surface area contributed by atoms with Gasteiger partial charge in [0.1, 0.15) is 17.4 Å². The minimum atomic E-state index is -0.150. The van der Waals surface area contributed by atoms with Gasteiger partial charge in [0, 0.05) is 24.6 Å². The van der Waals surface area contributed by atoms with Crippen LogP contribution < -0.4 is 10.9 Å². The highest BCUT2D eigenvalue weighted by molar-refractivity contribution is 5.35. The van der Waals surface area contributed by atoms with Gasteiger partial charge in [-0.15, -0.1) is 0 Å². The van der Waals surface area contributed by atoms with Gasteiger partial charge in [-0.25, -0.2) is 4.98 Å². The average molecular weight is 248 g/mol. The van der Waals surface area contributed by atoms with Crippen LogP contribution in [0.5, 0.6) is 0 Å². The predicted molar refractivity (Wildman–Crippen MR) is 67.5 cm³/mol. The van der Waals surface area contributed by atoms with E-state index in [1.807, 2.05) is 20.8 Å². The van der Waals surface area contributed by atoms with E-state index in [4.69, 9.17) is 4.52 Å². The second kappa shape index (κ2) is 5.03. The molecule has 0 saturated heterocycles. The number of anilines is 1. The summed E-state index contributed by atoms with van der Waals surface area (Å²) < 4.78 is 5.07. The van der Waals surface area contributed by atoms with Crippen molar-refractivity contribution >= 4 is 5.82 Å². The summed E-state index contributed by atoms with van der Waals surface area (Å²) in [6.07, 6.45) is 0.691. The van der Waals surface area contributed by atoms with Gasteiger partial charge in [0.2, 0.25) is 0 Å². The second-order valence-electron chi connectivity index (χ2n) is 4.09. The van der Waals surface area contributed by atoms with E-state index in [1.54, 1.807) is 0 Å². The summed E-state index contributed by atoms with van der Waals surface area (Å²) in [5, 5.41) is 6.99. The van der Waals surface area contributed by atoms with Crippen LogP contribution in [0.25, 0.3) is 0 Å². The van der Waals surface area contributed by atoms with Crippen molar-refractivity contribution in [3.05, 3.63) is 39.3 Å². The Morgan fingerprint density at radius 3 is 2.83 bits per heavy atom. The molecule has 6 heteroatoms. The van der Waals surface area contributed by atoms with Gasteiger partial charge in [-0.1, -0.05) is 12.1 Å². The normalized spacial score (nSPS) is 10.6. The maximum absolute atomic E-state index is 11.4. The minimum absolute atomic E-state index is 0.150. The fourth-order valence-corrected chi connectivity index (χ4v) is 1.70. The highest BCUT2D eigenvalue weighted by Gasteiger charge is 2.09. The third kappa shape index (κ3) is 2.58. The van der Waals surface area contributed by atoms with E-state index in [9.17, 15) is 4.79 Å². The Bertz CT molecular complexity index is 581. The number of hydrogen-bond acceptors (Lipinski definition) is 5. The van der Waals surface area contributed by atoms with Crippen LogP contribution in [0.4, 0.5) is 5.82 Å². The molecule has 0 radical (unpaired) electrons.